The minimum atomic E-state index is -1.00. The van der Waals surface area contributed by atoms with Gasteiger partial charge in [0.25, 0.3) is 5.91 Å². The summed E-state index contributed by atoms with van der Waals surface area (Å²) < 4.78 is 21.8. The lowest BCUT2D eigenvalue weighted by molar-refractivity contribution is -0.123. The number of methoxy groups -OCH3 is 1. The van der Waals surface area contributed by atoms with Gasteiger partial charge in [0.15, 0.2) is 17.6 Å². The van der Waals surface area contributed by atoms with Crippen LogP contribution in [0.3, 0.4) is 0 Å². The van der Waals surface area contributed by atoms with Gasteiger partial charge in [0, 0.05) is 0 Å². The number of carbonyl (C=O) groups excluding carboxylic acids is 2. The lowest BCUT2D eigenvalue weighted by atomic mass is 10.2. The van der Waals surface area contributed by atoms with Gasteiger partial charge in [-0.25, -0.2) is 4.79 Å². The van der Waals surface area contributed by atoms with Crippen LogP contribution in [0.2, 0.25) is 0 Å². The van der Waals surface area contributed by atoms with Gasteiger partial charge in [0.05, 0.1) is 31.6 Å². The average molecular weight is 415 g/mol. The highest BCUT2D eigenvalue weighted by molar-refractivity contribution is 5.98. The molecule has 162 valence electrons. The number of rotatable bonds is 10. The lowest BCUT2D eigenvalue weighted by Crippen LogP contribution is -2.30. The van der Waals surface area contributed by atoms with Crippen molar-refractivity contribution in [1.29, 1.82) is 0 Å². The topological polar surface area (TPSA) is 83.1 Å². The molecule has 2 rings (SSSR count). The molecule has 30 heavy (non-hydrogen) atoms. The van der Waals surface area contributed by atoms with E-state index in [1.807, 2.05) is 26.8 Å². The van der Waals surface area contributed by atoms with Gasteiger partial charge in [-0.15, -0.1) is 0 Å². The van der Waals surface area contributed by atoms with Crippen molar-refractivity contribution < 1.29 is 28.5 Å². The van der Waals surface area contributed by atoms with Crippen molar-refractivity contribution in [3.63, 3.8) is 0 Å². The second kappa shape index (κ2) is 11.1. The van der Waals surface area contributed by atoms with Crippen molar-refractivity contribution in [2.45, 2.75) is 33.8 Å². The molecule has 0 fully saturated rings. The third-order valence-corrected chi connectivity index (χ3v) is 4.07. The van der Waals surface area contributed by atoms with Gasteiger partial charge in [-0.1, -0.05) is 26.0 Å². The van der Waals surface area contributed by atoms with Gasteiger partial charge >= 0.3 is 5.97 Å². The van der Waals surface area contributed by atoms with E-state index in [0.29, 0.717) is 42.1 Å². The van der Waals surface area contributed by atoms with Crippen LogP contribution in [0.25, 0.3) is 0 Å². The van der Waals surface area contributed by atoms with Crippen molar-refractivity contribution >= 4 is 17.6 Å². The van der Waals surface area contributed by atoms with Crippen molar-refractivity contribution in [1.82, 2.24) is 0 Å². The zero-order chi connectivity index (χ0) is 22.1. The minimum Gasteiger partial charge on any atom is -0.493 e. The fourth-order valence-electron chi connectivity index (χ4n) is 2.54. The highest BCUT2D eigenvalue weighted by atomic mass is 16.5. The van der Waals surface area contributed by atoms with Crippen molar-refractivity contribution in [2.24, 2.45) is 5.92 Å². The van der Waals surface area contributed by atoms with Gasteiger partial charge in [-0.3, -0.25) is 4.79 Å². The van der Waals surface area contributed by atoms with E-state index in [1.54, 1.807) is 30.3 Å². The predicted octanol–water partition coefficient (Wildman–Crippen LogP) is 4.31. The first-order chi connectivity index (χ1) is 14.3. The smallest absolute Gasteiger partial charge is 0.339 e. The highest BCUT2D eigenvalue weighted by Crippen LogP contribution is 2.29. The third-order valence-electron chi connectivity index (χ3n) is 4.07. The molecule has 0 aliphatic carbocycles. The molecule has 0 heterocycles. The largest absolute Gasteiger partial charge is 0.493 e. The highest BCUT2D eigenvalue weighted by Gasteiger charge is 2.21. The van der Waals surface area contributed by atoms with Gasteiger partial charge in [-0.2, -0.15) is 0 Å². The number of hydrogen-bond acceptors (Lipinski definition) is 6. The summed E-state index contributed by atoms with van der Waals surface area (Å²) in [6.07, 6.45) is -1.00. The van der Waals surface area contributed by atoms with Crippen molar-refractivity contribution in [2.75, 3.05) is 25.6 Å². The molecular weight excluding hydrogens is 386 g/mol. The summed E-state index contributed by atoms with van der Waals surface area (Å²) in [5.41, 5.74) is 0.777. The van der Waals surface area contributed by atoms with Crippen LogP contribution in [-0.2, 0) is 9.53 Å². The number of anilines is 1. The number of carbonyl (C=O) groups is 2. The Labute approximate surface area is 177 Å². The fraction of sp³-hybridized carbons (Fsp3) is 0.391. The van der Waals surface area contributed by atoms with Crippen LogP contribution in [0.4, 0.5) is 5.69 Å². The quantitative estimate of drug-likeness (QED) is 0.582. The molecule has 0 saturated heterocycles. The van der Waals surface area contributed by atoms with E-state index in [-0.39, 0.29) is 5.56 Å². The Kier molecular flexibility index (Phi) is 8.53. The molecule has 0 radical (unpaired) electrons. The molecule has 1 N–H and O–H groups in total. The zero-order valence-electron chi connectivity index (χ0n) is 18.1. The third kappa shape index (κ3) is 6.40. The zero-order valence-corrected chi connectivity index (χ0v) is 18.1. The van der Waals surface area contributed by atoms with Gasteiger partial charge in [-0.05, 0) is 50.1 Å². The molecule has 0 bridgehead atoms. The summed E-state index contributed by atoms with van der Waals surface area (Å²) in [6.45, 7) is 8.44. The van der Waals surface area contributed by atoms with Crippen molar-refractivity contribution in [3.05, 3.63) is 48.0 Å². The molecule has 7 nitrogen and oxygen atoms in total. The standard InChI is InChI=1S/C23H29NO6/c1-6-28-19-10-8-7-9-18(19)24-22(25)16(4)30-23(26)17-11-12-20(21(13-17)27-5)29-14-15(2)3/h7-13,15-16H,6,14H2,1-5H3,(H,24,25)/t16-/m1/s1. The van der Waals surface area contributed by atoms with Crippen LogP contribution in [0.1, 0.15) is 38.1 Å². The van der Waals surface area contributed by atoms with E-state index < -0.39 is 18.0 Å². The number of hydrogen-bond donors (Lipinski definition) is 1. The Morgan fingerprint density at radius 2 is 1.70 bits per heavy atom. The molecule has 0 unspecified atom stereocenters. The minimum absolute atomic E-state index is 0.262. The van der Waals surface area contributed by atoms with E-state index in [0.717, 1.165) is 0 Å². The Morgan fingerprint density at radius 1 is 0.967 bits per heavy atom. The number of benzene rings is 2. The normalized spacial score (nSPS) is 11.5. The monoisotopic (exact) mass is 415 g/mol. The van der Waals surface area contributed by atoms with Crippen molar-refractivity contribution in [3.8, 4) is 17.2 Å². The van der Waals surface area contributed by atoms with E-state index in [9.17, 15) is 9.59 Å². The summed E-state index contributed by atoms with van der Waals surface area (Å²) >= 11 is 0. The van der Waals surface area contributed by atoms with E-state index in [4.69, 9.17) is 18.9 Å². The fourth-order valence-corrected chi connectivity index (χ4v) is 2.54. The summed E-state index contributed by atoms with van der Waals surface area (Å²) in [5.74, 6) is 0.776. The molecule has 1 atom stereocenters. The molecule has 0 spiro atoms. The molecule has 0 saturated carbocycles. The number of nitrogens with one attached hydrogen (secondary N) is 1. The number of esters is 1. The second-order valence-corrected chi connectivity index (χ2v) is 7.04. The first-order valence-electron chi connectivity index (χ1n) is 9.90. The SMILES string of the molecule is CCOc1ccccc1NC(=O)[C@@H](C)OC(=O)c1ccc(OCC(C)C)c(OC)c1. The van der Waals surface area contributed by atoms with E-state index >= 15 is 0 Å². The maximum atomic E-state index is 12.5. The van der Waals surface area contributed by atoms with Crippen LogP contribution in [0, 0.1) is 5.92 Å². The molecule has 7 heteroatoms. The molecule has 2 aromatic rings. The maximum Gasteiger partial charge on any atom is 0.339 e. The van der Waals surface area contributed by atoms with E-state index in [2.05, 4.69) is 5.32 Å². The first-order valence-corrected chi connectivity index (χ1v) is 9.90. The summed E-state index contributed by atoms with van der Waals surface area (Å²) in [4.78, 5) is 25.0. The van der Waals surface area contributed by atoms with Crippen LogP contribution >= 0.6 is 0 Å². The molecule has 0 aliphatic heterocycles. The maximum absolute atomic E-state index is 12.5. The average Bonchev–Trinajstić information content (AvgIpc) is 2.73. The Bertz CT molecular complexity index is 865. The molecule has 2 aromatic carbocycles. The first kappa shape index (κ1) is 23.1. The summed E-state index contributed by atoms with van der Waals surface area (Å²) in [5, 5.41) is 2.73. The van der Waals surface area contributed by atoms with Crippen LogP contribution in [0.5, 0.6) is 17.2 Å². The van der Waals surface area contributed by atoms with Gasteiger partial charge in [0.1, 0.15) is 5.75 Å². The molecule has 0 aliphatic rings. The number of ether oxygens (including phenoxy) is 4. The van der Waals surface area contributed by atoms with Crippen LogP contribution in [0.15, 0.2) is 42.5 Å². The number of para-hydroxylation sites is 2. The van der Waals surface area contributed by atoms with Crippen LogP contribution in [-0.4, -0.2) is 38.3 Å². The molecule has 1 amide bonds. The summed E-state index contributed by atoms with van der Waals surface area (Å²) in [7, 11) is 1.50. The number of amides is 1. The Hall–Kier alpha value is -3.22. The molecular formula is C23H29NO6. The lowest BCUT2D eigenvalue weighted by Gasteiger charge is -2.16. The van der Waals surface area contributed by atoms with Gasteiger partial charge < -0.3 is 24.3 Å². The van der Waals surface area contributed by atoms with Gasteiger partial charge in [0.2, 0.25) is 0 Å². The second-order valence-electron chi connectivity index (χ2n) is 7.04. The van der Waals surface area contributed by atoms with E-state index in [1.165, 1.54) is 20.1 Å². The Balaban J connectivity index is 2.03. The predicted molar refractivity (Wildman–Crippen MR) is 114 cm³/mol. The molecule has 0 aromatic heterocycles. The summed E-state index contributed by atoms with van der Waals surface area (Å²) in [6, 6.07) is 11.8. The Morgan fingerprint density at radius 3 is 2.37 bits per heavy atom. The van der Waals surface area contributed by atoms with Crippen LogP contribution < -0.4 is 19.5 Å².